The van der Waals surface area contributed by atoms with Crippen molar-refractivity contribution in [3.05, 3.63) is 35.4 Å². The van der Waals surface area contributed by atoms with E-state index in [0.29, 0.717) is 5.56 Å². The molecule has 0 amide bonds. The molecule has 0 radical (unpaired) electrons. The molecule has 1 N–H and O–H groups in total. The third-order valence-electron chi connectivity index (χ3n) is 3.74. The van der Waals surface area contributed by atoms with Crippen molar-refractivity contribution < 1.29 is 8.78 Å². The molecule has 4 heteroatoms. The molecule has 1 aromatic carbocycles. The second kappa shape index (κ2) is 4.94. The maximum absolute atomic E-state index is 13.8. The number of nitrogens with zero attached hydrogens (tertiary/aromatic N) is 1. The summed E-state index contributed by atoms with van der Waals surface area (Å²) in [5.74, 6) is -0.986. The average Bonchev–Trinajstić information content (AvgIpc) is 2.27. The lowest BCUT2D eigenvalue weighted by Crippen LogP contribution is -2.58. The van der Waals surface area contributed by atoms with E-state index in [9.17, 15) is 8.78 Å². The van der Waals surface area contributed by atoms with Crippen LogP contribution in [0.15, 0.2) is 18.2 Å². The van der Waals surface area contributed by atoms with Crippen molar-refractivity contribution in [3.63, 3.8) is 0 Å². The molecular formula is C14H20F2N2. The minimum atomic E-state index is -0.525. The second-order valence-corrected chi connectivity index (χ2v) is 5.52. The van der Waals surface area contributed by atoms with Gasteiger partial charge >= 0.3 is 0 Å². The van der Waals surface area contributed by atoms with Gasteiger partial charge in [0.2, 0.25) is 0 Å². The number of benzene rings is 1. The van der Waals surface area contributed by atoms with Gasteiger partial charge in [0.05, 0.1) is 0 Å². The summed E-state index contributed by atoms with van der Waals surface area (Å²) in [5, 5.41) is 3.34. The molecule has 18 heavy (non-hydrogen) atoms. The molecule has 1 heterocycles. The van der Waals surface area contributed by atoms with E-state index in [1.54, 1.807) is 6.07 Å². The number of rotatable bonds is 2. The zero-order valence-corrected chi connectivity index (χ0v) is 11.1. The molecule has 1 saturated heterocycles. The number of hydrogen-bond donors (Lipinski definition) is 1. The first-order valence-corrected chi connectivity index (χ1v) is 6.34. The smallest absolute Gasteiger partial charge is 0.130 e. The molecule has 1 unspecified atom stereocenters. The van der Waals surface area contributed by atoms with Crippen LogP contribution in [0.4, 0.5) is 8.78 Å². The Kier molecular flexibility index (Phi) is 3.69. The van der Waals surface area contributed by atoms with Gasteiger partial charge in [0.25, 0.3) is 0 Å². The maximum Gasteiger partial charge on any atom is 0.130 e. The number of piperazine rings is 1. The summed E-state index contributed by atoms with van der Waals surface area (Å²) in [4.78, 5) is 2.26. The topological polar surface area (TPSA) is 15.3 Å². The summed E-state index contributed by atoms with van der Waals surface area (Å²) < 4.78 is 26.8. The van der Waals surface area contributed by atoms with Gasteiger partial charge in [0, 0.05) is 42.8 Å². The van der Waals surface area contributed by atoms with Gasteiger partial charge in [0.1, 0.15) is 11.6 Å². The van der Waals surface area contributed by atoms with Crippen LogP contribution in [0.2, 0.25) is 0 Å². The van der Waals surface area contributed by atoms with E-state index in [1.165, 1.54) is 6.07 Å². The lowest BCUT2D eigenvalue weighted by molar-refractivity contribution is 0.0502. The predicted molar refractivity (Wildman–Crippen MR) is 68.4 cm³/mol. The molecule has 100 valence electrons. The Hall–Kier alpha value is -1.00. The average molecular weight is 254 g/mol. The first kappa shape index (κ1) is 13.4. The Morgan fingerprint density at radius 3 is 2.67 bits per heavy atom. The SMILES string of the molecule is CC(c1ccc(F)cc1F)N1CCNCC1(C)C. The molecule has 0 saturated carbocycles. The monoisotopic (exact) mass is 254 g/mol. The highest BCUT2D eigenvalue weighted by Gasteiger charge is 2.34. The van der Waals surface area contributed by atoms with E-state index in [0.717, 1.165) is 25.7 Å². The largest absolute Gasteiger partial charge is 0.314 e. The zero-order chi connectivity index (χ0) is 13.3. The van der Waals surface area contributed by atoms with Crippen LogP contribution >= 0.6 is 0 Å². The van der Waals surface area contributed by atoms with E-state index in [2.05, 4.69) is 24.1 Å². The van der Waals surface area contributed by atoms with E-state index in [1.807, 2.05) is 6.92 Å². The van der Waals surface area contributed by atoms with Crippen molar-refractivity contribution in [1.82, 2.24) is 10.2 Å². The van der Waals surface area contributed by atoms with Crippen molar-refractivity contribution >= 4 is 0 Å². The van der Waals surface area contributed by atoms with Crippen LogP contribution in [0, 0.1) is 11.6 Å². The van der Waals surface area contributed by atoms with Crippen molar-refractivity contribution in [2.24, 2.45) is 0 Å². The summed E-state index contributed by atoms with van der Waals surface area (Å²) in [5.41, 5.74) is 0.532. The van der Waals surface area contributed by atoms with Crippen LogP contribution in [-0.4, -0.2) is 30.1 Å². The third kappa shape index (κ3) is 2.54. The molecular weight excluding hydrogens is 234 g/mol. The maximum atomic E-state index is 13.8. The Labute approximate surface area is 107 Å². The summed E-state index contributed by atoms with van der Waals surface area (Å²) >= 11 is 0. The number of hydrogen-bond acceptors (Lipinski definition) is 2. The van der Waals surface area contributed by atoms with Crippen molar-refractivity contribution in [1.29, 1.82) is 0 Å². The summed E-state index contributed by atoms with van der Waals surface area (Å²) in [7, 11) is 0. The van der Waals surface area contributed by atoms with Crippen LogP contribution in [0.1, 0.15) is 32.4 Å². The molecule has 1 fully saturated rings. The first-order valence-electron chi connectivity index (χ1n) is 6.34. The van der Waals surface area contributed by atoms with Crippen LogP contribution in [0.3, 0.4) is 0 Å². The van der Waals surface area contributed by atoms with E-state index >= 15 is 0 Å². The molecule has 1 aromatic rings. The van der Waals surface area contributed by atoms with Gasteiger partial charge in [-0.2, -0.15) is 0 Å². The minimum Gasteiger partial charge on any atom is -0.314 e. The van der Waals surface area contributed by atoms with Crippen LogP contribution < -0.4 is 5.32 Å². The third-order valence-corrected chi connectivity index (χ3v) is 3.74. The summed E-state index contributed by atoms with van der Waals surface area (Å²) in [6.45, 7) is 8.89. The van der Waals surface area contributed by atoms with Crippen molar-refractivity contribution in [2.75, 3.05) is 19.6 Å². The molecule has 0 aliphatic carbocycles. The zero-order valence-electron chi connectivity index (χ0n) is 11.1. The van der Waals surface area contributed by atoms with Crippen molar-refractivity contribution in [3.8, 4) is 0 Å². The van der Waals surface area contributed by atoms with Gasteiger partial charge in [0.15, 0.2) is 0 Å². The Morgan fingerprint density at radius 2 is 2.06 bits per heavy atom. The second-order valence-electron chi connectivity index (χ2n) is 5.52. The predicted octanol–water partition coefficient (Wildman–Crippen LogP) is 2.71. The fourth-order valence-electron chi connectivity index (χ4n) is 2.72. The molecule has 2 rings (SSSR count). The number of nitrogens with one attached hydrogen (secondary N) is 1. The van der Waals surface area contributed by atoms with Crippen LogP contribution in [-0.2, 0) is 0 Å². The molecule has 1 atom stereocenters. The Morgan fingerprint density at radius 1 is 1.33 bits per heavy atom. The molecule has 0 bridgehead atoms. The van der Waals surface area contributed by atoms with Crippen LogP contribution in [0.5, 0.6) is 0 Å². The van der Waals surface area contributed by atoms with Crippen molar-refractivity contribution in [2.45, 2.75) is 32.4 Å². The Balaban J connectivity index is 2.27. The van der Waals surface area contributed by atoms with Gasteiger partial charge in [-0.3, -0.25) is 4.90 Å². The van der Waals surface area contributed by atoms with Gasteiger partial charge in [-0.05, 0) is 26.8 Å². The van der Waals surface area contributed by atoms with Crippen LogP contribution in [0.25, 0.3) is 0 Å². The molecule has 0 spiro atoms. The summed E-state index contributed by atoms with van der Waals surface area (Å²) in [6.07, 6.45) is 0. The fraction of sp³-hybridized carbons (Fsp3) is 0.571. The highest BCUT2D eigenvalue weighted by Crippen LogP contribution is 2.30. The van der Waals surface area contributed by atoms with Gasteiger partial charge < -0.3 is 5.32 Å². The lowest BCUT2D eigenvalue weighted by Gasteiger charge is -2.46. The highest BCUT2D eigenvalue weighted by atomic mass is 19.1. The summed E-state index contributed by atoms with van der Waals surface area (Å²) in [6, 6.07) is 3.78. The normalized spacial score (nSPS) is 21.8. The van der Waals surface area contributed by atoms with E-state index in [-0.39, 0.29) is 11.6 Å². The Bertz CT molecular complexity index is 432. The lowest BCUT2D eigenvalue weighted by atomic mass is 9.95. The standard InChI is InChI=1S/C14H20F2N2/c1-10(12-5-4-11(15)8-13(12)16)18-7-6-17-9-14(18,2)3/h4-5,8,10,17H,6-7,9H2,1-3H3. The molecule has 0 aromatic heterocycles. The fourth-order valence-corrected chi connectivity index (χ4v) is 2.72. The van der Waals surface area contributed by atoms with E-state index < -0.39 is 11.6 Å². The first-order chi connectivity index (χ1) is 8.42. The van der Waals surface area contributed by atoms with Gasteiger partial charge in [-0.15, -0.1) is 0 Å². The quantitative estimate of drug-likeness (QED) is 0.873. The molecule has 1 aliphatic heterocycles. The molecule has 1 aliphatic rings. The highest BCUT2D eigenvalue weighted by molar-refractivity contribution is 5.22. The van der Waals surface area contributed by atoms with E-state index in [4.69, 9.17) is 0 Å². The molecule has 2 nitrogen and oxygen atoms in total. The van der Waals surface area contributed by atoms with Gasteiger partial charge in [-0.1, -0.05) is 6.07 Å². The minimum absolute atomic E-state index is 0.0293. The number of halogens is 2. The van der Waals surface area contributed by atoms with Gasteiger partial charge in [-0.25, -0.2) is 8.78 Å².